The van der Waals surface area contributed by atoms with Crippen molar-refractivity contribution in [2.24, 2.45) is 12.0 Å². The molecule has 1 aromatic carbocycles. The quantitative estimate of drug-likeness (QED) is 0.360. The van der Waals surface area contributed by atoms with E-state index in [1.807, 2.05) is 36.7 Å². The minimum absolute atomic E-state index is 0. The van der Waals surface area contributed by atoms with Gasteiger partial charge in [0.05, 0.1) is 0 Å². The fraction of sp³-hybridized carbons (Fsp3) is 0.526. The highest BCUT2D eigenvalue weighted by molar-refractivity contribution is 14.0. The second-order valence-corrected chi connectivity index (χ2v) is 7.26. The Bertz CT molecular complexity index is 754. The Hall–Kier alpha value is -1.35. The minimum Gasteiger partial charge on any atom is -0.356 e. The third-order valence-corrected chi connectivity index (χ3v) is 5.09. The molecule has 0 unspecified atom stereocenters. The van der Waals surface area contributed by atoms with Crippen molar-refractivity contribution >= 4 is 41.5 Å². The van der Waals surface area contributed by atoms with Gasteiger partial charge in [-0.25, -0.2) is 4.99 Å². The molecule has 0 radical (unpaired) electrons. The zero-order chi connectivity index (χ0) is 18.4. The van der Waals surface area contributed by atoms with Crippen LogP contribution in [0.5, 0.6) is 0 Å². The van der Waals surface area contributed by atoms with E-state index in [9.17, 15) is 0 Å². The Labute approximate surface area is 183 Å². The van der Waals surface area contributed by atoms with Crippen LogP contribution >= 0.6 is 35.6 Å². The number of nitrogens with one attached hydrogen (secondary N) is 2. The van der Waals surface area contributed by atoms with E-state index in [1.165, 1.54) is 31.2 Å². The summed E-state index contributed by atoms with van der Waals surface area (Å²) in [6.07, 6.45) is 5.89. The van der Waals surface area contributed by atoms with Crippen LogP contribution in [-0.2, 0) is 20.0 Å². The molecule has 2 aromatic rings. The van der Waals surface area contributed by atoms with E-state index in [2.05, 4.69) is 26.9 Å². The summed E-state index contributed by atoms with van der Waals surface area (Å²) in [5.41, 5.74) is 1.22. The van der Waals surface area contributed by atoms with Gasteiger partial charge < -0.3 is 15.2 Å². The molecule has 1 aliphatic carbocycles. The van der Waals surface area contributed by atoms with Gasteiger partial charge in [0.1, 0.15) is 12.4 Å². The largest absolute Gasteiger partial charge is 0.356 e. The van der Waals surface area contributed by atoms with E-state index in [0.29, 0.717) is 12.6 Å². The summed E-state index contributed by atoms with van der Waals surface area (Å²) in [6.45, 7) is 3.26. The molecule has 0 saturated heterocycles. The first-order valence-electron chi connectivity index (χ1n) is 9.26. The topological polar surface area (TPSA) is 67.1 Å². The summed E-state index contributed by atoms with van der Waals surface area (Å²) in [6, 6.07) is 8.49. The molecule has 1 aromatic heterocycles. The number of rotatable bonds is 6. The minimum atomic E-state index is 0. The van der Waals surface area contributed by atoms with Crippen LogP contribution in [0.25, 0.3) is 0 Å². The van der Waals surface area contributed by atoms with Crippen molar-refractivity contribution < 1.29 is 0 Å². The summed E-state index contributed by atoms with van der Waals surface area (Å²) in [5, 5.41) is 16.1. The zero-order valence-corrected chi connectivity index (χ0v) is 19.0. The summed E-state index contributed by atoms with van der Waals surface area (Å²) >= 11 is 6.06. The first-order chi connectivity index (χ1) is 12.6. The molecule has 0 atom stereocenters. The molecule has 0 bridgehead atoms. The predicted octanol–water partition coefficient (Wildman–Crippen LogP) is 3.62. The van der Waals surface area contributed by atoms with Crippen molar-refractivity contribution in [1.82, 2.24) is 25.4 Å². The average molecular weight is 503 g/mol. The van der Waals surface area contributed by atoms with Gasteiger partial charge in [0.25, 0.3) is 0 Å². The third-order valence-electron chi connectivity index (χ3n) is 4.85. The summed E-state index contributed by atoms with van der Waals surface area (Å²) in [5.74, 6) is 2.61. The number of aryl methyl sites for hydroxylation is 1. The van der Waals surface area contributed by atoms with Gasteiger partial charge in [-0.05, 0) is 43.9 Å². The number of halogens is 2. The number of guanidine groups is 1. The van der Waals surface area contributed by atoms with Gasteiger partial charge in [-0.15, -0.1) is 34.2 Å². The summed E-state index contributed by atoms with van der Waals surface area (Å²) in [7, 11) is 1.97. The lowest BCUT2D eigenvalue weighted by Crippen LogP contribution is -2.43. The van der Waals surface area contributed by atoms with Crippen LogP contribution in [-0.4, -0.2) is 33.3 Å². The van der Waals surface area contributed by atoms with E-state index in [0.717, 1.165) is 35.6 Å². The number of hydrogen-bond acceptors (Lipinski definition) is 3. The predicted molar refractivity (Wildman–Crippen MR) is 121 cm³/mol. The monoisotopic (exact) mass is 502 g/mol. The Morgan fingerprint density at radius 1 is 1.30 bits per heavy atom. The molecule has 8 heteroatoms. The molecule has 27 heavy (non-hydrogen) atoms. The second-order valence-electron chi connectivity index (χ2n) is 6.82. The maximum Gasteiger partial charge on any atom is 0.191 e. The fourth-order valence-electron chi connectivity index (χ4n) is 3.17. The number of nitrogens with zero attached hydrogens (tertiary/aromatic N) is 4. The Balaban J connectivity index is 0.00000261. The lowest BCUT2D eigenvalue weighted by molar-refractivity contribution is 0.610. The van der Waals surface area contributed by atoms with E-state index < -0.39 is 0 Å². The lowest BCUT2D eigenvalue weighted by Gasteiger charge is -2.17. The zero-order valence-electron chi connectivity index (χ0n) is 15.9. The van der Waals surface area contributed by atoms with Crippen molar-refractivity contribution in [2.45, 2.75) is 51.6 Å². The van der Waals surface area contributed by atoms with E-state index in [1.54, 1.807) is 0 Å². The van der Waals surface area contributed by atoms with Crippen LogP contribution < -0.4 is 10.6 Å². The standard InChI is InChI=1S/C19H27ClN6.HI/c1-14-24-25-18(26(14)2)13-22-19(23-17-8-3-4-9-17)21-11-10-15-6-5-7-16(20)12-15;/h5-7,12,17H,3-4,8-11,13H2,1-2H3,(H2,21,22,23);1H. The normalized spacial score (nSPS) is 14.9. The molecule has 6 nitrogen and oxygen atoms in total. The fourth-order valence-corrected chi connectivity index (χ4v) is 3.39. The van der Waals surface area contributed by atoms with Crippen molar-refractivity contribution in [3.8, 4) is 0 Å². The van der Waals surface area contributed by atoms with Gasteiger partial charge in [-0.2, -0.15) is 0 Å². The second kappa shape index (κ2) is 10.8. The van der Waals surface area contributed by atoms with Gasteiger partial charge >= 0.3 is 0 Å². The van der Waals surface area contributed by atoms with Gasteiger partial charge in [0.15, 0.2) is 11.8 Å². The summed E-state index contributed by atoms with van der Waals surface area (Å²) in [4.78, 5) is 4.73. The number of hydrogen-bond donors (Lipinski definition) is 2. The molecule has 1 saturated carbocycles. The van der Waals surface area contributed by atoms with Crippen LogP contribution in [0.4, 0.5) is 0 Å². The Morgan fingerprint density at radius 2 is 2.07 bits per heavy atom. The highest BCUT2D eigenvalue weighted by Crippen LogP contribution is 2.17. The van der Waals surface area contributed by atoms with Gasteiger partial charge in [0, 0.05) is 24.7 Å². The molecule has 1 heterocycles. The van der Waals surface area contributed by atoms with E-state index in [-0.39, 0.29) is 24.0 Å². The molecular weight excluding hydrogens is 475 g/mol. The lowest BCUT2D eigenvalue weighted by atomic mass is 10.1. The molecule has 1 fully saturated rings. The van der Waals surface area contributed by atoms with Gasteiger partial charge in [0.2, 0.25) is 0 Å². The highest BCUT2D eigenvalue weighted by Gasteiger charge is 2.16. The van der Waals surface area contributed by atoms with Crippen molar-refractivity contribution in [3.63, 3.8) is 0 Å². The summed E-state index contributed by atoms with van der Waals surface area (Å²) < 4.78 is 1.97. The molecule has 1 aliphatic rings. The molecular formula is C19H28ClIN6. The average Bonchev–Trinajstić information content (AvgIpc) is 3.24. The number of aromatic nitrogens is 3. The first-order valence-corrected chi connectivity index (χ1v) is 9.64. The van der Waals surface area contributed by atoms with Gasteiger partial charge in [-0.3, -0.25) is 0 Å². The SMILES string of the molecule is Cc1nnc(CN=C(NCCc2cccc(Cl)c2)NC2CCCC2)n1C.I. The maximum atomic E-state index is 6.06. The number of aliphatic imine (C=N–C) groups is 1. The van der Waals surface area contributed by atoms with Crippen molar-refractivity contribution in [3.05, 3.63) is 46.5 Å². The van der Waals surface area contributed by atoms with Crippen LogP contribution in [0.1, 0.15) is 42.9 Å². The molecule has 2 N–H and O–H groups in total. The van der Waals surface area contributed by atoms with Crippen LogP contribution in [0.3, 0.4) is 0 Å². The van der Waals surface area contributed by atoms with Crippen molar-refractivity contribution in [1.29, 1.82) is 0 Å². The van der Waals surface area contributed by atoms with E-state index >= 15 is 0 Å². The highest BCUT2D eigenvalue weighted by atomic mass is 127. The van der Waals surface area contributed by atoms with Crippen molar-refractivity contribution in [2.75, 3.05) is 6.54 Å². The maximum absolute atomic E-state index is 6.06. The van der Waals surface area contributed by atoms with Crippen LogP contribution in [0, 0.1) is 6.92 Å². The Morgan fingerprint density at radius 3 is 2.74 bits per heavy atom. The Kier molecular flexibility index (Phi) is 8.82. The van der Waals surface area contributed by atoms with E-state index in [4.69, 9.17) is 16.6 Å². The molecule has 0 spiro atoms. The first kappa shape index (κ1) is 21.9. The van der Waals surface area contributed by atoms with Crippen LogP contribution in [0.15, 0.2) is 29.3 Å². The van der Waals surface area contributed by atoms with Gasteiger partial charge in [-0.1, -0.05) is 36.6 Å². The third kappa shape index (κ3) is 6.64. The smallest absolute Gasteiger partial charge is 0.191 e. The molecule has 3 rings (SSSR count). The number of benzene rings is 1. The molecule has 148 valence electrons. The molecule has 0 amide bonds. The van der Waals surface area contributed by atoms with Crippen LogP contribution in [0.2, 0.25) is 5.02 Å². The molecule has 0 aliphatic heterocycles.